The maximum atomic E-state index is 5.88. The molecule has 0 aromatic carbocycles. The number of aryl methyl sites for hydroxylation is 1. The Morgan fingerprint density at radius 3 is 2.44 bits per heavy atom. The first-order chi connectivity index (χ1) is 12.3. The molecular formula is C20H28N4O. The van der Waals surface area contributed by atoms with Gasteiger partial charge in [0, 0.05) is 38.4 Å². The van der Waals surface area contributed by atoms with Gasteiger partial charge in [-0.15, -0.1) is 0 Å². The lowest BCUT2D eigenvalue weighted by Crippen LogP contribution is -2.37. The monoisotopic (exact) mass is 340 g/mol. The molecule has 0 radical (unpaired) electrons. The standard InChI is InChI=1S/C20H28N4O/c1-2-18-4-5-19(25-18)15-23-11-6-17(14-23)16-7-12-24(13-8-16)20-21-9-3-10-22-20/h3-5,9-10,16-17H,2,6-8,11-15H2,1H3. The molecule has 0 amide bonds. The lowest BCUT2D eigenvalue weighted by molar-refractivity contribution is 0.240. The number of likely N-dealkylation sites (tertiary alicyclic amines) is 1. The molecule has 5 nitrogen and oxygen atoms in total. The van der Waals surface area contributed by atoms with Crippen LogP contribution in [-0.2, 0) is 13.0 Å². The number of anilines is 1. The van der Waals surface area contributed by atoms with E-state index in [0.29, 0.717) is 0 Å². The van der Waals surface area contributed by atoms with Gasteiger partial charge in [-0.25, -0.2) is 9.97 Å². The second-order valence-electron chi connectivity index (χ2n) is 7.38. The average Bonchev–Trinajstić information content (AvgIpc) is 3.32. The van der Waals surface area contributed by atoms with Gasteiger partial charge >= 0.3 is 0 Å². The van der Waals surface area contributed by atoms with E-state index in [2.05, 4.69) is 38.8 Å². The topological polar surface area (TPSA) is 45.4 Å². The highest BCUT2D eigenvalue weighted by atomic mass is 16.3. The molecule has 5 heteroatoms. The molecule has 2 aliphatic heterocycles. The van der Waals surface area contributed by atoms with Crippen LogP contribution >= 0.6 is 0 Å². The Morgan fingerprint density at radius 1 is 1.00 bits per heavy atom. The summed E-state index contributed by atoms with van der Waals surface area (Å²) in [7, 11) is 0. The highest BCUT2D eigenvalue weighted by Gasteiger charge is 2.32. The van der Waals surface area contributed by atoms with E-state index in [9.17, 15) is 0 Å². The number of piperidine rings is 1. The van der Waals surface area contributed by atoms with Crippen LogP contribution in [0.1, 0.15) is 37.7 Å². The minimum Gasteiger partial charge on any atom is -0.465 e. The molecule has 25 heavy (non-hydrogen) atoms. The number of hydrogen-bond acceptors (Lipinski definition) is 5. The fourth-order valence-electron chi connectivity index (χ4n) is 4.33. The second-order valence-corrected chi connectivity index (χ2v) is 7.38. The predicted molar refractivity (Wildman–Crippen MR) is 98.4 cm³/mol. The third-order valence-electron chi connectivity index (χ3n) is 5.80. The summed E-state index contributed by atoms with van der Waals surface area (Å²) < 4.78 is 5.88. The number of rotatable bonds is 5. The molecule has 0 bridgehead atoms. The second kappa shape index (κ2) is 7.56. The molecule has 134 valence electrons. The van der Waals surface area contributed by atoms with Crippen LogP contribution in [0.25, 0.3) is 0 Å². The highest BCUT2D eigenvalue weighted by molar-refractivity contribution is 5.28. The number of furan rings is 1. The molecule has 2 aliphatic rings. The maximum absolute atomic E-state index is 5.88. The highest BCUT2D eigenvalue weighted by Crippen LogP contribution is 2.33. The van der Waals surface area contributed by atoms with Gasteiger partial charge in [0.15, 0.2) is 0 Å². The zero-order chi connectivity index (χ0) is 17.1. The fraction of sp³-hybridized carbons (Fsp3) is 0.600. The third-order valence-corrected chi connectivity index (χ3v) is 5.80. The van der Waals surface area contributed by atoms with E-state index >= 15 is 0 Å². The maximum Gasteiger partial charge on any atom is 0.225 e. The summed E-state index contributed by atoms with van der Waals surface area (Å²) >= 11 is 0. The van der Waals surface area contributed by atoms with Crippen molar-refractivity contribution in [1.82, 2.24) is 14.9 Å². The van der Waals surface area contributed by atoms with Crippen molar-refractivity contribution >= 4 is 5.95 Å². The van der Waals surface area contributed by atoms with Crippen molar-refractivity contribution in [3.63, 3.8) is 0 Å². The van der Waals surface area contributed by atoms with Crippen LogP contribution in [0.4, 0.5) is 5.95 Å². The molecule has 1 unspecified atom stereocenters. The van der Waals surface area contributed by atoms with Crippen LogP contribution in [0.5, 0.6) is 0 Å². The van der Waals surface area contributed by atoms with Gasteiger partial charge in [-0.3, -0.25) is 4.90 Å². The lowest BCUT2D eigenvalue weighted by atomic mass is 9.84. The molecule has 0 spiro atoms. The van der Waals surface area contributed by atoms with Gasteiger partial charge in [0.1, 0.15) is 11.5 Å². The van der Waals surface area contributed by atoms with E-state index in [1.54, 1.807) is 0 Å². The zero-order valence-electron chi connectivity index (χ0n) is 15.1. The molecule has 2 aromatic rings. The molecule has 2 saturated heterocycles. The lowest BCUT2D eigenvalue weighted by Gasteiger charge is -2.34. The molecule has 2 aromatic heterocycles. The average molecular weight is 340 g/mol. The summed E-state index contributed by atoms with van der Waals surface area (Å²) in [6.45, 7) is 7.70. The van der Waals surface area contributed by atoms with Crippen molar-refractivity contribution in [2.24, 2.45) is 11.8 Å². The third kappa shape index (κ3) is 3.87. The number of nitrogens with zero attached hydrogens (tertiary/aromatic N) is 4. The summed E-state index contributed by atoms with van der Waals surface area (Å²) in [4.78, 5) is 13.7. The molecule has 0 saturated carbocycles. The van der Waals surface area contributed by atoms with Crippen LogP contribution in [-0.4, -0.2) is 41.0 Å². The van der Waals surface area contributed by atoms with Crippen LogP contribution in [0, 0.1) is 11.8 Å². The molecule has 0 N–H and O–H groups in total. The SMILES string of the molecule is CCc1ccc(CN2CCC(C3CCN(c4ncccn4)CC3)C2)o1. The Hall–Kier alpha value is -1.88. The predicted octanol–water partition coefficient (Wildman–Crippen LogP) is 3.37. The van der Waals surface area contributed by atoms with Gasteiger partial charge in [-0.05, 0) is 55.8 Å². The van der Waals surface area contributed by atoms with Crippen molar-refractivity contribution in [3.8, 4) is 0 Å². The smallest absolute Gasteiger partial charge is 0.225 e. The Morgan fingerprint density at radius 2 is 1.72 bits per heavy atom. The summed E-state index contributed by atoms with van der Waals surface area (Å²) in [6.07, 6.45) is 8.50. The van der Waals surface area contributed by atoms with Gasteiger partial charge in [0.25, 0.3) is 0 Å². The molecular weight excluding hydrogens is 312 g/mol. The Balaban J connectivity index is 1.27. The van der Waals surface area contributed by atoms with Crippen molar-refractivity contribution in [3.05, 3.63) is 42.1 Å². The van der Waals surface area contributed by atoms with E-state index in [4.69, 9.17) is 4.42 Å². The van der Waals surface area contributed by atoms with E-state index in [1.807, 2.05) is 18.5 Å². The van der Waals surface area contributed by atoms with Gasteiger partial charge in [-0.1, -0.05) is 6.92 Å². The van der Waals surface area contributed by atoms with Crippen molar-refractivity contribution in [2.45, 2.75) is 39.2 Å². The normalized spacial score (nSPS) is 22.6. The van der Waals surface area contributed by atoms with E-state index < -0.39 is 0 Å². The fourth-order valence-corrected chi connectivity index (χ4v) is 4.33. The summed E-state index contributed by atoms with van der Waals surface area (Å²) in [5, 5.41) is 0. The van der Waals surface area contributed by atoms with Crippen LogP contribution < -0.4 is 4.90 Å². The van der Waals surface area contributed by atoms with Gasteiger partial charge in [0.2, 0.25) is 5.95 Å². The van der Waals surface area contributed by atoms with E-state index in [1.165, 1.54) is 32.4 Å². The van der Waals surface area contributed by atoms with Gasteiger partial charge in [0.05, 0.1) is 6.54 Å². The van der Waals surface area contributed by atoms with E-state index in [0.717, 1.165) is 55.4 Å². The molecule has 0 aliphatic carbocycles. The van der Waals surface area contributed by atoms with Gasteiger partial charge in [-0.2, -0.15) is 0 Å². The molecule has 4 heterocycles. The van der Waals surface area contributed by atoms with Crippen LogP contribution in [0.3, 0.4) is 0 Å². The largest absolute Gasteiger partial charge is 0.465 e. The first-order valence-electron chi connectivity index (χ1n) is 9.63. The zero-order valence-corrected chi connectivity index (χ0v) is 15.1. The van der Waals surface area contributed by atoms with Gasteiger partial charge < -0.3 is 9.32 Å². The Labute approximate surface area is 150 Å². The minimum atomic E-state index is 0.833. The number of aromatic nitrogens is 2. The quantitative estimate of drug-likeness (QED) is 0.835. The van der Waals surface area contributed by atoms with Crippen LogP contribution in [0.15, 0.2) is 35.0 Å². The first-order valence-corrected chi connectivity index (χ1v) is 9.63. The van der Waals surface area contributed by atoms with Crippen molar-refractivity contribution in [1.29, 1.82) is 0 Å². The summed E-state index contributed by atoms with van der Waals surface area (Å²) in [6, 6.07) is 6.14. The summed E-state index contributed by atoms with van der Waals surface area (Å²) in [5.74, 6) is 4.78. The van der Waals surface area contributed by atoms with Crippen molar-refractivity contribution < 1.29 is 4.42 Å². The Kier molecular flexibility index (Phi) is 5.02. The molecule has 1 atom stereocenters. The van der Waals surface area contributed by atoms with Crippen LogP contribution in [0.2, 0.25) is 0 Å². The minimum absolute atomic E-state index is 0.833. The molecule has 2 fully saturated rings. The number of hydrogen-bond donors (Lipinski definition) is 0. The summed E-state index contributed by atoms with van der Waals surface area (Å²) in [5.41, 5.74) is 0. The van der Waals surface area contributed by atoms with E-state index in [-0.39, 0.29) is 0 Å². The Bertz CT molecular complexity index is 663. The molecule has 4 rings (SSSR count). The van der Waals surface area contributed by atoms with Crippen molar-refractivity contribution in [2.75, 3.05) is 31.1 Å². The first kappa shape index (κ1) is 16.6.